The van der Waals surface area contributed by atoms with Crippen LogP contribution in [0.2, 0.25) is 0 Å². The van der Waals surface area contributed by atoms with Crippen molar-refractivity contribution >= 4 is 11.6 Å². The lowest BCUT2D eigenvalue weighted by molar-refractivity contribution is 0.0791. The summed E-state index contributed by atoms with van der Waals surface area (Å²) in [6.07, 6.45) is -1.12. The third kappa shape index (κ3) is 5.47. The van der Waals surface area contributed by atoms with Crippen molar-refractivity contribution in [1.82, 2.24) is 4.98 Å². The number of nitrogens with two attached hydrogens (primary N) is 1. The van der Waals surface area contributed by atoms with E-state index in [0.717, 1.165) is 0 Å². The fraction of sp³-hybridized carbons (Fsp3) is 0.294. The number of nitrogens with one attached hydrogen (secondary N) is 1. The Balaban J connectivity index is 2.05. The number of hydrogen-bond acceptors (Lipinski definition) is 5. The van der Waals surface area contributed by atoms with Gasteiger partial charge in [-0.1, -0.05) is 6.07 Å². The molecule has 2 aromatic rings. The number of alkyl halides is 2. The molecule has 0 radical (unpaired) electrons. The van der Waals surface area contributed by atoms with Crippen LogP contribution in [0.25, 0.3) is 0 Å². The van der Waals surface area contributed by atoms with Crippen molar-refractivity contribution in [3.8, 4) is 17.4 Å². The molecule has 0 amide bonds. The number of aromatic nitrogens is 1. The average molecular weight is 366 g/mol. The first-order valence-corrected chi connectivity index (χ1v) is 7.67. The Labute approximate surface area is 149 Å². The zero-order chi connectivity index (χ0) is 18.9. The van der Waals surface area contributed by atoms with Crippen molar-refractivity contribution in [2.45, 2.75) is 13.0 Å². The van der Waals surface area contributed by atoms with E-state index in [0.29, 0.717) is 22.7 Å². The molecule has 2 rings (SSSR count). The predicted octanol–water partition coefficient (Wildman–Crippen LogP) is 2.67. The predicted molar refractivity (Wildman–Crippen MR) is 94.2 cm³/mol. The number of guanidine groups is 1. The van der Waals surface area contributed by atoms with Gasteiger partial charge < -0.3 is 25.3 Å². The molecule has 0 bridgehead atoms. The number of benzene rings is 1. The van der Waals surface area contributed by atoms with Gasteiger partial charge in [-0.3, -0.25) is 0 Å². The zero-order valence-electron chi connectivity index (χ0n) is 14.4. The second kappa shape index (κ2) is 9.40. The van der Waals surface area contributed by atoms with Crippen LogP contribution in [-0.4, -0.2) is 38.2 Å². The van der Waals surface area contributed by atoms with Crippen LogP contribution in [0.5, 0.6) is 17.4 Å². The molecule has 0 aliphatic heterocycles. The number of ether oxygens (including phenoxy) is 3. The quantitative estimate of drug-likeness (QED) is 0.551. The van der Waals surface area contributed by atoms with E-state index in [2.05, 4.69) is 15.3 Å². The van der Waals surface area contributed by atoms with Gasteiger partial charge >= 0.3 is 0 Å². The molecule has 3 N–H and O–H groups in total. The molecule has 1 aromatic carbocycles. The van der Waals surface area contributed by atoms with Crippen molar-refractivity contribution in [3.05, 3.63) is 42.1 Å². The second-order valence-corrected chi connectivity index (χ2v) is 5.07. The van der Waals surface area contributed by atoms with E-state index < -0.39 is 13.0 Å². The van der Waals surface area contributed by atoms with Gasteiger partial charge in [0.25, 0.3) is 6.43 Å². The van der Waals surface area contributed by atoms with Crippen LogP contribution in [-0.2, 0) is 6.54 Å². The highest BCUT2D eigenvalue weighted by Crippen LogP contribution is 2.29. The van der Waals surface area contributed by atoms with Gasteiger partial charge in [0.15, 0.2) is 24.1 Å². The Hall–Kier alpha value is -3.10. The van der Waals surface area contributed by atoms with Crippen molar-refractivity contribution in [3.63, 3.8) is 0 Å². The minimum absolute atomic E-state index is 0.107. The largest absolute Gasteiger partial charge is 0.493 e. The summed E-state index contributed by atoms with van der Waals surface area (Å²) in [5, 5.41) is 2.92. The Kier molecular flexibility index (Phi) is 6.95. The molecule has 140 valence electrons. The summed E-state index contributed by atoms with van der Waals surface area (Å²) >= 11 is 0. The van der Waals surface area contributed by atoms with Crippen LogP contribution in [0.1, 0.15) is 5.56 Å². The van der Waals surface area contributed by atoms with Crippen LogP contribution < -0.4 is 25.3 Å². The highest BCUT2D eigenvalue weighted by atomic mass is 19.3. The first-order chi connectivity index (χ1) is 12.5. The Bertz CT molecular complexity index is 757. The average Bonchev–Trinajstić information content (AvgIpc) is 2.65. The lowest BCUT2D eigenvalue weighted by atomic mass is 10.2. The molecule has 1 heterocycles. The Morgan fingerprint density at radius 3 is 2.69 bits per heavy atom. The van der Waals surface area contributed by atoms with Crippen LogP contribution in [0.4, 0.5) is 14.5 Å². The normalized spacial score (nSPS) is 11.3. The van der Waals surface area contributed by atoms with Gasteiger partial charge in [-0.2, -0.15) is 0 Å². The molecule has 1 aromatic heterocycles. The maximum atomic E-state index is 12.3. The minimum Gasteiger partial charge on any atom is -0.493 e. The lowest BCUT2D eigenvalue weighted by Gasteiger charge is -2.11. The molecule has 0 unspecified atom stereocenters. The van der Waals surface area contributed by atoms with Crippen molar-refractivity contribution in [2.75, 3.05) is 26.1 Å². The van der Waals surface area contributed by atoms with Crippen molar-refractivity contribution in [1.29, 1.82) is 0 Å². The molecule has 9 heteroatoms. The third-order valence-electron chi connectivity index (χ3n) is 3.27. The highest BCUT2D eigenvalue weighted by molar-refractivity contribution is 5.92. The zero-order valence-corrected chi connectivity index (χ0v) is 14.4. The van der Waals surface area contributed by atoms with Crippen LogP contribution in [0, 0.1) is 0 Å². The fourth-order valence-electron chi connectivity index (χ4n) is 2.09. The van der Waals surface area contributed by atoms with E-state index >= 15 is 0 Å². The van der Waals surface area contributed by atoms with Gasteiger partial charge in [-0.15, -0.1) is 0 Å². The van der Waals surface area contributed by atoms with E-state index in [1.54, 1.807) is 37.4 Å². The molecule has 0 fully saturated rings. The fourth-order valence-corrected chi connectivity index (χ4v) is 2.09. The van der Waals surface area contributed by atoms with Crippen LogP contribution in [0.15, 0.2) is 41.5 Å². The van der Waals surface area contributed by atoms with Gasteiger partial charge in [0.1, 0.15) is 0 Å². The third-order valence-corrected chi connectivity index (χ3v) is 3.27. The number of hydrogen-bond donors (Lipinski definition) is 2. The van der Waals surface area contributed by atoms with Gasteiger partial charge in [0.2, 0.25) is 5.88 Å². The summed E-state index contributed by atoms with van der Waals surface area (Å²) in [7, 11) is 3.07. The SMILES string of the molecule is COc1ccc(NC(N)=NCc2cccnc2OCC(F)F)cc1OC. The van der Waals surface area contributed by atoms with E-state index in [1.165, 1.54) is 13.3 Å². The number of aliphatic imine (C=N–C) groups is 1. The smallest absolute Gasteiger partial charge is 0.272 e. The van der Waals surface area contributed by atoms with Crippen molar-refractivity contribution in [2.24, 2.45) is 10.7 Å². The number of halogens is 2. The molecule has 0 saturated heterocycles. The van der Waals surface area contributed by atoms with Gasteiger partial charge in [0, 0.05) is 23.5 Å². The molecule has 0 atom stereocenters. The Morgan fingerprint density at radius 2 is 2.00 bits per heavy atom. The van der Waals surface area contributed by atoms with E-state index in [9.17, 15) is 8.78 Å². The van der Waals surface area contributed by atoms with Gasteiger partial charge in [-0.25, -0.2) is 18.8 Å². The van der Waals surface area contributed by atoms with Crippen molar-refractivity contribution < 1.29 is 23.0 Å². The standard InChI is InChI=1S/C17H20F2N4O3/c1-24-13-6-5-12(8-14(13)25-2)23-17(20)22-9-11-4-3-7-21-16(11)26-10-15(18)19/h3-8,15H,9-10H2,1-2H3,(H3,20,22,23). The number of rotatable bonds is 8. The number of anilines is 1. The number of methoxy groups -OCH3 is 2. The molecule has 7 nitrogen and oxygen atoms in total. The summed E-state index contributed by atoms with van der Waals surface area (Å²) < 4.78 is 40.0. The first kappa shape index (κ1) is 19.2. The van der Waals surface area contributed by atoms with E-state index in [-0.39, 0.29) is 18.4 Å². The molecular formula is C17H20F2N4O3. The summed E-state index contributed by atoms with van der Waals surface area (Å²) in [6.45, 7) is -0.606. The summed E-state index contributed by atoms with van der Waals surface area (Å²) in [4.78, 5) is 8.12. The molecule has 0 aliphatic carbocycles. The highest BCUT2D eigenvalue weighted by Gasteiger charge is 2.09. The Morgan fingerprint density at radius 1 is 1.23 bits per heavy atom. The summed E-state index contributed by atoms with van der Waals surface area (Å²) in [5.74, 6) is 1.38. The first-order valence-electron chi connectivity index (χ1n) is 7.67. The minimum atomic E-state index is -2.58. The molecule has 0 spiro atoms. The number of pyridine rings is 1. The maximum Gasteiger partial charge on any atom is 0.272 e. The lowest BCUT2D eigenvalue weighted by Crippen LogP contribution is -2.22. The molecule has 0 aliphatic rings. The summed E-state index contributed by atoms with van der Waals surface area (Å²) in [6, 6.07) is 8.54. The molecule has 0 saturated carbocycles. The topological polar surface area (TPSA) is 91.0 Å². The van der Waals surface area contributed by atoms with E-state index in [4.69, 9.17) is 19.9 Å². The number of nitrogens with zero attached hydrogens (tertiary/aromatic N) is 2. The van der Waals surface area contributed by atoms with Gasteiger partial charge in [-0.05, 0) is 18.2 Å². The van der Waals surface area contributed by atoms with Crippen LogP contribution in [0.3, 0.4) is 0 Å². The summed E-state index contributed by atoms with van der Waals surface area (Å²) in [5.41, 5.74) is 7.08. The monoisotopic (exact) mass is 366 g/mol. The van der Waals surface area contributed by atoms with Gasteiger partial charge in [0.05, 0.1) is 20.8 Å². The maximum absolute atomic E-state index is 12.3. The van der Waals surface area contributed by atoms with E-state index in [1.807, 2.05) is 0 Å². The second-order valence-electron chi connectivity index (χ2n) is 5.07. The molecule has 26 heavy (non-hydrogen) atoms. The van der Waals surface area contributed by atoms with Crippen LogP contribution >= 0.6 is 0 Å². The molecular weight excluding hydrogens is 346 g/mol.